The Balaban J connectivity index is 3.73. The molecule has 0 radical (unpaired) electrons. The third-order valence-electron chi connectivity index (χ3n) is 3.19. The summed E-state index contributed by atoms with van der Waals surface area (Å²) in [5.41, 5.74) is -0.727. The molecule has 11 heteroatoms. The number of hydrogen-bond acceptors (Lipinski definition) is 8. The molecular weight excluding hydrogens is 334 g/mol. The van der Waals surface area contributed by atoms with Gasteiger partial charge in [-0.3, -0.25) is 10.1 Å². The Labute approximate surface area is 143 Å². The van der Waals surface area contributed by atoms with Gasteiger partial charge in [-0.25, -0.2) is 4.98 Å². The van der Waals surface area contributed by atoms with E-state index in [9.17, 15) is 29.9 Å². The first-order valence-electron chi connectivity index (χ1n) is 7.29. The molecular formula is C14H17N5O6-2. The van der Waals surface area contributed by atoms with Gasteiger partial charge in [0.15, 0.2) is 0 Å². The number of carbonyl (C=O) groups is 2. The minimum absolute atomic E-state index is 0.0507. The zero-order valence-electron chi connectivity index (χ0n) is 13.7. The Morgan fingerprint density at radius 3 is 2.24 bits per heavy atom. The summed E-state index contributed by atoms with van der Waals surface area (Å²) in [4.78, 5) is 38.3. The number of pyridine rings is 1. The standard InChI is InChI=1S/C14H19N5O6/c1-4-7-15-9-8-10(17(5-2)13(20)21)16-12(11(9)19(24)25)18(6-3)14(22)23/h4,8H,1,5-7H2,2-3H3,(H,15,16)(H,20,21)(H,22,23)/p-2. The fraction of sp³-hybridized carbons (Fsp3) is 0.357. The molecule has 0 aliphatic rings. The van der Waals surface area contributed by atoms with Crippen LogP contribution in [0.15, 0.2) is 18.7 Å². The Morgan fingerprint density at radius 1 is 1.28 bits per heavy atom. The minimum Gasteiger partial charge on any atom is -0.530 e. The normalized spacial score (nSPS) is 10.0. The molecule has 1 N–H and O–H groups in total. The van der Waals surface area contributed by atoms with Crippen molar-refractivity contribution < 1.29 is 24.7 Å². The fourth-order valence-electron chi connectivity index (χ4n) is 2.08. The van der Waals surface area contributed by atoms with Crippen molar-refractivity contribution in [1.29, 1.82) is 0 Å². The van der Waals surface area contributed by atoms with Gasteiger partial charge in [0.25, 0.3) is 0 Å². The summed E-state index contributed by atoms with van der Waals surface area (Å²) in [6.07, 6.45) is -1.86. The van der Waals surface area contributed by atoms with Crippen LogP contribution in [0.1, 0.15) is 13.8 Å². The maximum absolute atomic E-state index is 11.5. The van der Waals surface area contributed by atoms with E-state index in [2.05, 4.69) is 16.9 Å². The zero-order chi connectivity index (χ0) is 19.1. The van der Waals surface area contributed by atoms with Gasteiger partial charge in [0.05, 0.1) is 4.92 Å². The van der Waals surface area contributed by atoms with Crippen LogP contribution in [0, 0.1) is 10.1 Å². The molecule has 1 heterocycles. The number of anilines is 3. The topological polar surface area (TPSA) is 155 Å². The van der Waals surface area contributed by atoms with Crippen molar-refractivity contribution in [2.24, 2.45) is 0 Å². The van der Waals surface area contributed by atoms with E-state index < -0.39 is 28.6 Å². The monoisotopic (exact) mass is 351 g/mol. The Bertz CT molecular complexity index is 693. The molecule has 0 saturated heterocycles. The quantitative estimate of drug-likeness (QED) is 0.387. The molecule has 0 spiro atoms. The molecule has 1 rings (SSSR count). The lowest BCUT2D eigenvalue weighted by molar-refractivity contribution is -0.383. The largest absolute Gasteiger partial charge is 0.530 e. The maximum Gasteiger partial charge on any atom is 0.334 e. The first-order chi connectivity index (χ1) is 11.8. The molecule has 2 amide bonds. The van der Waals surface area contributed by atoms with Gasteiger partial charge in [-0.2, -0.15) is 0 Å². The lowest BCUT2D eigenvalue weighted by Gasteiger charge is -2.27. The lowest BCUT2D eigenvalue weighted by Crippen LogP contribution is -2.44. The molecule has 0 unspecified atom stereocenters. The third kappa shape index (κ3) is 4.34. The first kappa shape index (κ1) is 19.7. The van der Waals surface area contributed by atoms with Crippen LogP contribution < -0.4 is 25.3 Å². The smallest absolute Gasteiger partial charge is 0.334 e. The number of nitrogens with one attached hydrogen (secondary N) is 1. The Hall–Kier alpha value is -3.37. The van der Waals surface area contributed by atoms with Gasteiger partial charge >= 0.3 is 5.69 Å². The van der Waals surface area contributed by atoms with E-state index in [0.29, 0.717) is 4.90 Å². The average Bonchev–Trinajstić information content (AvgIpc) is 2.52. The number of nitrogens with zero attached hydrogens (tertiary/aromatic N) is 4. The highest BCUT2D eigenvalue weighted by atomic mass is 16.6. The van der Waals surface area contributed by atoms with Crippen LogP contribution in [0.3, 0.4) is 0 Å². The summed E-state index contributed by atoms with van der Waals surface area (Å²) >= 11 is 0. The van der Waals surface area contributed by atoms with Crippen LogP contribution in [0.4, 0.5) is 32.6 Å². The molecule has 1 aromatic rings. The van der Waals surface area contributed by atoms with Crippen molar-refractivity contribution in [3.63, 3.8) is 0 Å². The van der Waals surface area contributed by atoms with Crippen LogP contribution in [-0.2, 0) is 0 Å². The summed E-state index contributed by atoms with van der Waals surface area (Å²) in [5, 5.41) is 36.6. The van der Waals surface area contributed by atoms with E-state index in [0.717, 1.165) is 11.0 Å². The second kappa shape index (κ2) is 8.47. The van der Waals surface area contributed by atoms with Gasteiger partial charge in [0, 0.05) is 25.7 Å². The van der Waals surface area contributed by atoms with E-state index in [1.165, 1.54) is 19.9 Å². The average molecular weight is 351 g/mol. The van der Waals surface area contributed by atoms with Crippen LogP contribution in [0.2, 0.25) is 0 Å². The molecule has 0 aliphatic heterocycles. The van der Waals surface area contributed by atoms with Gasteiger partial charge in [-0.05, 0) is 13.8 Å². The fourth-order valence-corrected chi connectivity index (χ4v) is 2.08. The number of amides is 2. The van der Waals surface area contributed by atoms with E-state index in [1.807, 2.05) is 0 Å². The molecule has 11 nitrogen and oxygen atoms in total. The van der Waals surface area contributed by atoms with Gasteiger partial charge in [0.1, 0.15) is 23.7 Å². The molecule has 0 aromatic carbocycles. The van der Waals surface area contributed by atoms with Crippen LogP contribution in [0.25, 0.3) is 0 Å². The molecule has 0 bridgehead atoms. The molecule has 0 aliphatic carbocycles. The number of nitro groups is 1. The molecule has 0 saturated carbocycles. The minimum atomic E-state index is -1.71. The summed E-state index contributed by atoms with van der Waals surface area (Å²) < 4.78 is 0. The van der Waals surface area contributed by atoms with Gasteiger partial charge < -0.3 is 34.9 Å². The molecule has 25 heavy (non-hydrogen) atoms. The van der Waals surface area contributed by atoms with Gasteiger partial charge in [-0.1, -0.05) is 6.08 Å². The van der Waals surface area contributed by atoms with E-state index in [4.69, 9.17) is 0 Å². The number of rotatable bonds is 8. The second-order valence-electron chi connectivity index (χ2n) is 4.65. The summed E-state index contributed by atoms with van der Waals surface area (Å²) in [6.45, 7) is 6.30. The van der Waals surface area contributed by atoms with E-state index in [-0.39, 0.29) is 31.1 Å². The van der Waals surface area contributed by atoms with Gasteiger partial charge in [0.2, 0.25) is 5.82 Å². The summed E-state index contributed by atoms with van der Waals surface area (Å²) in [6, 6.07) is 1.13. The van der Waals surface area contributed by atoms with Crippen LogP contribution in [-0.4, -0.2) is 41.7 Å². The number of carbonyl (C=O) groups excluding carboxylic acids is 2. The summed E-state index contributed by atoms with van der Waals surface area (Å²) in [5.74, 6) is -0.759. The van der Waals surface area contributed by atoms with Crippen LogP contribution in [0.5, 0.6) is 0 Å². The zero-order valence-corrected chi connectivity index (χ0v) is 13.7. The molecule has 0 atom stereocenters. The highest BCUT2D eigenvalue weighted by Crippen LogP contribution is 2.37. The maximum atomic E-state index is 11.5. The van der Waals surface area contributed by atoms with Crippen molar-refractivity contribution in [2.75, 3.05) is 34.8 Å². The first-order valence-corrected chi connectivity index (χ1v) is 7.29. The molecule has 0 fully saturated rings. The van der Waals surface area contributed by atoms with E-state index in [1.54, 1.807) is 0 Å². The predicted octanol–water partition coefficient (Wildman–Crippen LogP) is -0.0731. The SMILES string of the molecule is C=CCNc1cc(N(CC)C(=O)[O-])nc(N(CC)C(=O)[O-])c1[N+](=O)[O-]. The van der Waals surface area contributed by atoms with Gasteiger partial charge in [-0.15, -0.1) is 6.58 Å². The van der Waals surface area contributed by atoms with E-state index >= 15 is 0 Å². The number of aromatic nitrogens is 1. The van der Waals surface area contributed by atoms with Crippen molar-refractivity contribution in [1.82, 2.24) is 4.98 Å². The predicted molar refractivity (Wildman–Crippen MR) is 86.4 cm³/mol. The van der Waals surface area contributed by atoms with Crippen LogP contribution >= 0.6 is 0 Å². The van der Waals surface area contributed by atoms with Crippen molar-refractivity contribution >= 4 is 35.2 Å². The molecule has 1 aromatic heterocycles. The third-order valence-corrected chi connectivity index (χ3v) is 3.19. The second-order valence-corrected chi connectivity index (χ2v) is 4.65. The molecule has 136 valence electrons. The van der Waals surface area contributed by atoms with Crippen molar-refractivity contribution in [2.45, 2.75) is 13.8 Å². The van der Waals surface area contributed by atoms with Crippen molar-refractivity contribution in [3.8, 4) is 0 Å². The highest BCUT2D eigenvalue weighted by molar-refractivity contribution is 5.92. The lowest BCUT2D eigenvalue weighted by atomic mass is 10.2. The highest BCUT2D eigenvalue weighted by Gasteiger charge is 2.28. The van der Waals surface area contributed by atoms with Crippen molar-refractivity contribution in [3.05, 3.63) is 28.8 Å². The number of carboxylic acid groups (broad SMARTS) is 2. The Morgan fingerprint density at radius 2 is 1.84 bits per heavy atom. The number of hydrogen-bond donors (Lipinski definition) is 1. The summed E-state index contributed by atoms with van der Waals surface area (Å²) in [7, 11) is 0. The Kier molecular flexibility index (Phi) is 6.67.